The van der Waals surface area contributed by atoms with Gasteiger partial charge >= 0.3 is 0 Å². The fourth-order valence-electron chi connectivity index (χ4n) is 4.40. The van der Waals surface area contributed by atoms with Gasteiger partial charge in [0.15, 0.2) is 0 Å². The van der Waals surface area contributed by atoms with Gasteiger partial charge in [-0.15, -0.1) is 0 Å². The molecule has 2 fully saturated rings. The van der Waals surface area contributed by atoms with E-state index in [1.807, 2.05) is 0 Å². The predicted molar refractivity (Wildman–Crippen MR) is 82.3 cm³/mol. The van der Waals surface area contributed by atoms with Crippen LogP contribution in [0.15, 0.2) is 0 Å². The highest BCUT2D eigenvalue weighted by molar-refractivity contribution is 4.82. The molecule has 2 saturated carbocycles. The summed E-state index contributed by atoms with van der Waals surface area (Å²) in [5.41, 5.74) is 0. The van der Waals surface area contributed by atoms with Crippen molar-refractivity contribution in [1.82, 2.24) is 0 Å². The van der Waals surface area contributed by atoms with Crippen molar-refractivity contribution in [3.63, 3.8) is 0 Å². The number of hydrogen-bond donors (Lipinski definition) is 0. The van der Waals surface area contributed by atoms with Crippen LogP contribution in [-0.2, 0) is 4.74 Å². The first-order valence-electron chi connectivity index (χ1n) is 8.95. The highest BCUT2D eigenvalue weighted by Gasteiger charge is 2.31. The van der Waals surface area contributed by atoms with Gasteiger partial charge in [-0.25, -0.2) is 0 Å². The van der Waals surface area contributed by atoms with E-state index in [0.29, 0.717) is 6.10 Å². The average Bonchev–Trinajstić information content (AvgIpc) is 2.46. The number of rotatable bonds is 6. The molecule has 2 atom stereocenters. The average molecular weight is 266 g/mol. The van der Waals surface area contributed by atoms with Gasteiger partial charge in [-0.05, 0) is 56.3 Å². The summed E-state index contributed by atoms with van der Waals surface area (Å²) >= 11 is 0. The third-order valence-electron chi connectivity index (χ3n) is 5.48. The summed E-state index contributed by atoms with van der Waals surface area (Å²) in [6.45, 7) is 5.53. The van der Waals surface area contributed by atoms with Gasteiger partial charge in [-0.1, -0.05) is 46.0 Å². The molecular weight excluding hydrogens is 232 g/mol. The number of ether oxygens (including phenoxy) is 1. The van der Waals surface area contributed by atoms with Crippen molar-refractivity contribution in [1.29, 1.82) is 0 Å². The standard InChI is InChI=1S/C18H34O/c1-3-6-15-9-11-16(12-10-15)17-7-5-8-18(14-17)19-13-4-2/h15-18H,3-14H2,1-2H3/t15?,16?,17-,18-/m1/s1. The van der Waals surface area contributed by atoms with Gasteiger partial charge in [-0.2, -0.15) is 0 Å². The van der Waals surface area contributed by atoms with Crippen LogP contribution in [0.25, 0.3) is 0 Å². The van der Waals surface area contributed by atoms with Crippen LogP contribution in [0.2, 0.25) is 0 Å². The minimum atomic E-state index is 0.590. The number of hydrogen-bond acceptors (Lipinski definition) is 1. The molecule has 0 radical (unpaired) electrons. The van der Waals surface area contributed by atoms with Crippen molar-refractivity contribution >= 4 is 0 Å². The van der Waals surface area contributed by atoms with E-state index >= 15 is 0 Å². The first-order valence-corrected chi connectivity index (χ1v) is 8.95. The Morgan fingerprint density at radius 2 is 1.63 bits per heavy atom. The molecule has 0 bridgehead atoms. The molecule has 1 nitrogen and oxygen atoms in total. The van der Waals surface area contributed by atoms with E-state index in [1.54, 1.807) is 0 Å². The van der Waals surface area contributed by atoms with Crippen LogP contribution >= 0.6 is 0 Å². The van der Waals surface area contributed by atoms with Crippen molar-refractivity contribution in [2.24, 2.45) is 17.8 Å². The molecule has 0 N–H and O–H groups in total. The fourth-order valence-corrected chi connectivity index (χ4v) is 4.40. The first-order chi connectivity index (χ1) is 9.33. The maximum atomic E-state index is 6.01. The van der Waals surface area contributed by atoms with Gasteiger partial charge in [0.2, 0.25) is 0 Å². The lowest BCUT2D eigenvalue weighted by molar-refractivity contribution is -0.00183. The van der Waals surface area contributed by atoms with Crippen molar-refractivity contribution < 1.29 is 4.74 Å². The van der Waals surface area contributed by atoms with Crippen molar-refractivity contribution in [3.05, 3.63) is 0 Å². The lowest BCUT2D eigenvalue weighted by Gasteiger charge is -2.38. The van der Waals surface area contributed by atoms with Crippen LogP contribution in [0, 0.1) is 17.8 Å². The Morgan fingerprint density at radius 1 is 0.842 bits per heavy atom. The van der Waals surface area contributed by atoms with E-state index in [2.05, 4.69) is 13.8 Å². The molecule has 2 aliphatic carbocycles. The van der Waals surface area contributed by atoms with Crippen LogP contribution in [0.1, 0.15) is 84.5 Å². The third-order valence-corrected chi connectivity index (χ3v) is 5.48. The maximum absolute atomic E-state index is 6.01. The Morgan fingerprint density at radius 3 is 2.32 bits per heavy atom. The second kappa shape index (κ2) is 8.29. The Bertz CT molecular complexity index is 230. The second-order valence-corrected chi connectivity index (χ2v) is 6.99. The third kappa shape index (κ3) is 4.77. The van der Waals surface area contributed by atoms with Crippen molar-refractivity contribution in [2.75, 3.05) is 6.61 Å². The van der Waals surface area contributed by atoms with Crippen LogP contribution < -0.4 is 0 Å². The Balaban J connectivity index is 1.72. The zero-order valence-corrected chi connectivity index (χ0v) is 13.2. The first kappa shape index (κ1) is 15.4. The summed E-state index contributed by atoms with van der Waals surface area (Å²) in [6, 6.07) is 0. The van der Waals surface area contributed by atoms with Gasteiger partial charge in [0.05, 0.1) is 6.10 Å². The van der Waals surface area contributed by atoms with E-state index in [1.165, 1.54) is 70.6 Å². The Hall–Kier alpha value is -0.0400. The molecule has 0 spiro atoms. The van der Waals surface area contributed by atoms with E-state index in [4.69, 9.17) is 4.74 Å². The van der Waals surface area contributed by atoms with Gasteiger partial charge in [-0.3, -0.25) is 0 Å². The van der Waals surface area contributed by atoms with Gasteiger partial charge in [0.25, 0.3) is 0 Å². The summed E-state index contributed by atoms with van der Waals surface area (Å²) in [4.78, 5) is 0. The van der Waals surface area contributed by atoms with E-state index in [9.17, 15) is 0 Å². The topological polar surface area (TPSA) is 9.23 Å². The molecular formula is C18H34O. The van der Waals surface area contributed by atoms with Gasteiger partial charge < -0.3 is 4.74 Å². The lowest BCUT2D eigenvalue weighted by atomic mass is 9.70. The highest BCUT2D eigenvalue weighted by atomic mass is 16.5. The quantitative estimate of drug-likeness (QED) is 0.610. The largest absolute Gasteiger partial charge is 0.378 e. The zero-order valence-electron chi connectivity index (χ0n) is 13.2. The molecule has 0 aromatic heterocycles. The molecule has 2 aliphatic rings. The summed E-state index contributed by atoms with van der Waals surface area (Å²) in [5, 5.41) is 0. The smallest absolute Gasteiger partial charge is 0.0577 e. The maximum Gasteiger partial charge on any atom is 0.0577 e. The van der Waals surface area contributed by atoms with Crippen LogP contribution in [-0.4, -0.2) is 12.7 Å². The van der Waals surface area contributed by atoms with Crippen LogP contribution in [0.3, 0.4) is 0 Å². The Labute approximate surface area is 120 Å². The van der Waals surface area contributed by atoms with E-state index in [-0.39, 0.29) is 0 Å². The minimum Gasteiger partial charge on any atom is -0.378 e. The molecule has 0 saturated heterocycles. The van der Waals surface area contributed by atoms with E-state index < -0.39 is 0 Å². The predicted octanol–water partition coefficient (Wildman–Crippen LogP) is 5.58. The summed E-state index contributed by atoms with van der Waals surface area (Å²) in [7, 11) is 0. The molecule has 2 rings (SSSR count). The molecule has 0 amide bonds. The molecule has 0 unspecified atom stereocenters. The highest BCUT2D eigenvalue weighted by Crippen LogP contribution is 2.41. The van der Waals surface area contributed by atoms with Crippen molar-refractivity contribution in [2.45, 2.75) is 90.6 Å². The normalized spacial score (nSPS) is 36.3. The molecule has 112 valence electrons. The van der Waals surface area contributed by atoms with E-state index in [0.717, 1.165) is 24.4 Å². The fraction of sp³-hybridized carbons (Fsp3) is 1.00. The molecule has 0 aromatic carbocycles. The van der Waals surface area contributed by atoms with Crippen LogP contribution in [0.5, 0.6) is 0 Å². The summed E-state index contributed by atoms with van der Waals surface area (Å²) in [6.07, 6.45) is 16.2. The molecule has 19 heavy (non-hydrogen) atoms. The van der Waals surface area contributed by atoms with Gasteiger partial charge in [0, 0.05) is 6.61 Å². The monoisotopic (exact) mass is 266 g/mol. The zero-order chi connectivity index (χ0) is 13.5. The van der Waals surface area contributed by atoms with Crippen molar-refractivity contribution in [3.8, 4) is 0 Å². The summed E-state index contributed by atoms with van der Waals surface area (Å²) < 4.78 is 6.01. The molecule has 1 heteroatoms. The van der Waals surface area contributed by atoms with Gasteiger partial charge in [0.1, 0.15) is 0 Å². The summed E-state index contributed by atoms with van der Waals surface area (Å²) in [5.74, 6) is 3.07. The molecule has 0 heterocycles. The Kier molecular flexibility index (Phi) is 6.70. The van der Waals surface area contributed by atoms with Crippen LogP contribution in [0.4, 0.5) is 0 Å². The minimum absolute atomic E-state index is 0.590. The molecule has 0 aliphatic heterocycles. The SMILES string of the molecule is CCCO[C@@H]1CCC[C@@H](C2CCC(CCC)CC2)C1. The molecule has 0 aromatic rings. The lowest BCUT2D eigenvalue weighted by Crippen LogP contribution is -2.30. The second-order valence-electron chi connectivity index (χ2n) is 6.99.